The van der Waals surface area contributed by atoms with Crippen molar-refractivity contribution in [2.45, 2.75) is 44.6 Å². The monoisotopic (exact) mass is 205 g/mol. The van der Waals surface area contributed by atoms with Crippen molar-refractivity contribution in [1.29, 1.82) is 0 Å². The molecule has 1 saturated heterocycles. The molecule has 82 valence electrons. The summed E-state index contributed by atoms with van der Waals surface area (Å²) in [5.74, 6) is 1.28. The van der Waals surface area contributed by atoms with Gasteiger partial charge in [-0.1, -0.05) is 0 Å². The van der Waals surface area contributed by atoms with Gasteiger partial charge in [-0.25, -0.2) is 4.98 Å². The minimum absolute atomic E-state index is 0.514. The molecule has 2 heterocycles. The molecule has 0 saturated carbocycles. The topological polar surface area (TPSA) is 29.9 Å². The van der Waals surface area contributed by atoms with Crippen LogP contribution in [0.2, 0.25) is 0 Å². The third-order valence-electron chi connectivity index (χ3n) is 3.78. The predicted molar refractivity (Wildman–Crippen MR) is 59.8 cm³/mol. The number of rotatable bonds is 1. The first kappa shape index (κ1) is 9.40. The summed E-state index contributed by atoms with van der Waals surface area (Å²) < 4.78 is 2.34. The lowest BCUT2D eigenvalue weighted by molar-refractivity contribution is 0.570. The Morgan fingerprint density at radius 2 is 2.13 bits per heavy atom. The lowest BCUT2D eigenvalue weighted by atomic mass is 10.0. The Balaban J connectivity index is 1.97. The van der Waals surface area contributed by atoms with Crippen molar-refractivity contribution in [2.24, 2.45) is 7.05 Å². The fourth-order valence-electron chi connectivity index (χ4n) is 2.92. The Labute approximate surface area is 90.9 Å². The Kier molecular flexibility index (Phi) is 2.28. The van der Waals surface area contributed by atoms with Gasteiger partial charge in [-0.2, -0.15) is 0 Å². The van der Waals surface area contributed by atoms with Crippen molar-refractivity contribution < 1.29 is 0 Å². The summed E-state index contributed by atoms with van der Waals surface area (Å²) in [6.45, 7) is 1.15. The Morgan fingerprint density at radius 1 is 1.27 bits per heavy atom. The molecule has 1 aliphatic heterocycles. The molecule has 15 heavy (non-hydrogen) atoms. The van der Waals surface area contributed by atoms with Gasteiger partial charge in [-0.15, -0.1) is 0 Å². The third-order valence-corrected chi connectivity index (χ3v) is 3.78. The van der Waals surface area contributed by atoms with Crippen LogP contribution >= 0.6 is 0 Å². The van der Waals surface area contributed by atoms with Gasteiger partial charge in [0.2, 0.25) is 0 Å². The number of nitrogens with one attached hydrogen (secondary N) is 1. The molecule has 0 unspecified atom stereocenters. The van der Waals surface area contributed by atoms with Crippen LogP contribution in [0.3, 0.4) is 0 Å². The largest absolute Gasteiger partial charge is 0.334 e. The first-order chi connectivity index (χ1) is 7.36. The van der Waals surface area contributed by atoms with Gasteiger partial charge in [-0.3, -0.25) is 0 Å². The zero-order valence-electron chi connectivity index (χ0n) is 9.42. The molecule has 1 atom stereocenters. The summed E-state index contributed by atoms with van der Waals surface area (Å²) >= 11 is 0. The highest BCUT2D eigenvalue weighted by atomic mass is 15.1. The highest BCUT2D eigenvalue weighted by molar-refractivity contribution is 5.21. The van der Waals surface area contributed by atoms with Crippen LogP contribution in [0.4, 0.5) is 0 Å². The smallest absolute Gasteiger partial charge is 0.126 e. The Bertz CT molecular complexity index is 361. The van der Waals surface area contributed by atoms with Crippen molar-refractivity contribution in [3.8, 4) is 0 Å². The molecule has 0 spiro atoms. The SMILES string of the molecule is Cn1c([C@@H]2CCCN2)nc2c1CCCC2. The van der Waals surface area contributed by atoms with E-state index in [4.69, 9.17) is 4.98 Å². The van der Waals surface area contributed by atoms with Crippen LogP contribution in [0.25, 0.3) is 0 Å². The molecule has 1 aromatic heterocycles. The Morgan fingerprint density at radius 3 is 2.87 bits per heavy atom. The van der Waals surface area contributed by atoms with Gasteiger partial charge in [0.05, 0.1) is 11.7 Å². The van der Waals surface area contributed by atoms with Crippen LogP contribution in [0.1, 0.15) is 48.9 Å². The number of hydrogen-bond acceptors (Lipinski definition) is 2. The predicted octanol–water partition coefficient (Wildman–Crippen LogP) is 1.72. The maximum absolute atomic E-state index is 4.83. The van der Waals surface area contributed by atoms with Crippen molar-refractivity contribution in [1.82, 2.24) is 14.9 Å². The standard InChI is InChI=1S/C12H19N3/c1-15-11-7-3-2-5-9(11)14-12(15)10-6-4-8-13-10/h10,13H,2-8H2,1H3/t10-/m0/s1. The van der Waals surface area contributed by atoms with Gasteiger partial charge in [0.15, 0.2) is 0 Å². The van der Waals surface area contributed by atoms with E-state index in [9.17, 15) is 0 Å². The van der Waals surface area contributed by atoms with Crippen molar-refractivity contribution in [2.75, 3.05) is 6.54 Å². The molecule has 3 rings (SSSR count). The van der Waals surface area contributed by atoms with Crippen molar-refractivity contribution in [3.63, 3.8) is 0 Å². The van der Waals surface area contributed by atoms with Crippen molar-refractivity contribution >= 4 is 0 Å². The van der Waals surface area contributed by atoms with Gasteiger partial charge in [0.1, 0.15) is 5.82 Å². The average Bonchev–Trinajstić information content (AvgIpc) is 2.87. The zero-order valence-corrected chi connectivity index (χ0v) is 9.42. The van der Waals surface area contributed by atoms with Gasteiger partial charge < -0.3 is 9.88 Å². The van der Waals surface area contributed by atoms with Crippen LogP contribution in [-0.4, -0.2) is 16.1 Å². The minimum atomic E-state index is 0.514. The fraction of sp³-hybridized carbons (Fsp3) is 0.750. The summed E-state index contributed by atoms with van der Waals surface area (Å²) in [6.07, 6.45) is 7.62. The van der Waals surface area contributed by atoms with E-state index in [-0.39, 0.29) is 0 Å². The summed E-state index contributed by atoms with van der Waals surface area (Å²) in [4.78, 5) is 4.83. The second kappa shape index (κ2) is 3.63. The summed E-state index contributed by atoms with van der Waals surface area (Å²) in [5, 5.41) is 3.54. The summed E-state index contributed by atoms with van der Waals surface area (Å²) in [5.41, 5.74) is 2.86. The minimum Gasteiger partial charge on any atom is -0.334 e. The van der Waals surface area contributed by atoms with Gasteiger partial charge in [0, 0.05) is 12.7 Å². The zero-order chi connectivity index (χ0) is 10.3. The summed E-state index contributed by atoms with van der Waals surface area (Å²) in [6, 6.07) is 0.514. The normalized spacial score (nSPS) is 25.5. The molecule has 0 aromatic carbocycles. The van der Waals surface area contributed by atoms with E-state index >= 15 is 0 Å². The molecule has 1 aliphatic carbocycles. The number of imidazole rings is 1. The summed E-state index contributed by atoms with van der Waals surface area (Å²) in [7, 11) is 2.19. The highest BCUT2D eigenvalue weighted by Gasteiger charge is 2.25. The number of fused-ring (bicyclic) bond motifs is 1. The molecule has 2 aliphatic rings. The number of nitrogens with zero attached hydrogens (tertiary/aromatic N) is 2. The van der Waals surface area contributed by atoms with Crippen LogP contribution in [0, 0.1) is 0 Å². The lowest BCUT2D eigenvalue weighted by Gasteiger charge is -2.13. The van der Waals surface area contributed by atoms with Gasteiger partial charge in [-0.05, 0) is 45.1 Å². The quantitative estimate of drug-likeness (QED) is 0.756. The van der Waals surface area contributed by atoms with E-state index in [1.165, 1.54) is 55.7 Å². The van der Waals surface area contributed by atoms with Gasteiger partial charge >= 0.3 is 0 Å². The average molecular weight is 205 g/mol. The molecule has 0 bridgehead atoms. The second-order valence-corrected chi connectivity index (χ2v) is 4.78. The number of aromatic nitrogens is 2. The van der Waals surface area contributed by atoms with Crippen LogP contribution < -0.4 is 5.32 Å². The molecule has 3 heteroatoms. The maximum Gasteiger partial charge on any atom is 0.126 e. The van der Waals surface area contributed by atoms with Crippen LogP contribution in [0.5, 0.6) is 0 Å². The first-order valence-electron chi connectivity index (χ1n) is 6.14. The molecular formula is C12H19N3. The molecule has 1 aromatic rings. The molecule has 0 amide bonds. The number of aryl methyl sites for hydroxylation is 1. The van der Waals surface area contributed by atoms with E-state index in [0.29, 0.717) is 6.04 Å². The highest BCUT2D eigenvalue weighted by Crippen LogP contribution is 2.27. The maximum atomic E-state index is 4.83. The molecule has 0 radical (unpaired) electrons. The second-order valence-electron chi connectivity index (χ2n) is 4.78. The molecule has 1 fully saturated rings. The fourth-order valence-corrected chi connectivity index (χ4v) is 2.92. The lowest BCUT2D eigenvalue weighted by Crippen LogP contribution is -2.17. The van der Waals surface area contributed by atoms with Crippen LogP contribution in [-0.2, 0) is 19.9 Å². The number of hydrogen-bond donors (Lipinski definition) is 1. The van der Waals surface area contributed by atoms with Crippen molar-refractivity contribution in [3.05, 3.63) is 17.2 Å². The molecule has 3 nitrogen and oxygen atoms in total. The first-order valence-corrected chi connectivity index (χ1v) is 6.14. The van der Waals surface area contributed by atoms with E-state index in [1.807, 2.05) is 0 Å². The molecule has 1 N–H and O–H groups in total. The third kappa shape index (κ3) is 1.49. The Hall–Kier alpha value is -0.830. The van der Waals surface area contributed by atoms with Crippen LogP contribution in [0.15, 0.2) is 0 Å². The van der Waals surface area contributed by atoms with Gasteiger partial charge in [0.25, 0.3) is 0 Å². The molecular weight excluding hydrogens is 186 g/mol. The van der Waals surface area contributed by atoms with E-state index in [2.05, 4.69) is 16.9 Å². The van der Waals surface area contributed by atoms with E-state index < -0.39 is 0 Å². The van der Waals surface area contributed by atoms with E-state index in [1.54, 1.807) is 0 Å². The van der Waals surface area contributed by atoms with E-state index in [0.717, 1.165) is 6.54 Å².